The van der Waals surface area contributed by atoms with Crippen molar-refractivity contribution >= 4 is 29.3 Å². The molecule has 2 atom stereocenters. The number of hydrogen-bond acceptors (Lipinski definition) is 3. The van der Waals surface area contributed by atoms with Crippen LogP contribution in [0.4, 0.5) is 10.1 Å². The van der Waals surface area contributed by atoms with E-state index in [1.165, 1.54) is 23.9 Å². The van der Waals surface area contributed by atoms with Gasteiger partial charge >= 0.3 is 0 Å². The molecule has 0 aliphatic carbocycles. The fraction of sp³-hybridized carbons (Fsp3) is 0.286. The molecule has 3 aromatic rings. The number of thioether (sulfide) groups is 1. The summed E-state index contributed by atoms with van der Waals surface area (Å²) in [4.78, 5) is 28.6. The molecule has 4 rings (SSSR count). The third-order valence-corrected chi connectivity index (χ3v) is 7.31. The van der Waals surface area contributed by atoms with E-state index in [1.807, 2.05) is 55.5 Å². The Hall–Kier alpha value is -3.12. The van der Waals surface area contributed by atoms with Gasteiger partial charge in [-0.05, 0) is 59.9 Å². The molecule has 3 aromatic carbocycles. The van der Waals surface area contributed by atoms with Gasteiger partial charge in [-0.15, -0.1) is 11.8 Å². The van der Waals surface area contributed by atoms with Crippen LogP contribution in [-0.2, 0) is 10.2 Å². The lowest BCUT2D eigenvalue weighted by atomic mass is 9.86. The van der Waals surface area contributed by atoms with Gasteiger partial charge in [-0.3, -0.25) is 9.59 Å². The fourth-order valence-electron chi connectivity index (χ4n) is 4.00. The molecule has 1 saturated heterocycles. The summed E-state index contributed by atoms with van der Waals surface area (Å²) in [5.74, 6) is -0.448. The number of hydrogen-bond donors (Lipinski definition) is 1. The molecule has 1 aliphatic rings. The first-order valence-electron chi connectivity index (χ1n) is 11.3. The molecule has 1 heterocycles. The van der Waals surface area contributed by atoms with Crippen LogP contribution in [0.5, 0.6) is 0 Å². The highest BCUT2D eigenvalue weighted by atomic mass is 32.2. The molecule has 0 aromatic heterocycles. The lowest BCUT2D eigenvalue weighted by molar-refractivity contribution is -0.119. The van der Waals surface area contributed by atoms with E-state index < -0.39 is 11.4 Å². The first-order valence-corrected chi connectivity index (χ1v) is 12.4. The maximum Gasteiger partial charge on any atom is 0.255 e. The minimum atomic E-state index is -0.686. The molecule has 176 valence electrons. The molecule has 1 aliphatic heterocycles. The van der Waals surface area contributed by atoms with Crippen molar-refractivity contribution in [2.75, 3.05) is 11.1 Å². The van der Waals surface area contributed by atoms with Crippen molar-refractivity contribution in [2.45, 2.75) is 44.5 Å². The normalized spacial score (nSPS) is 18.1. The third-order valence-electron chi connectivity index (χ3n) is 5.99. The molecule has 0 radical (unpaired) electrons. The summed E-state index contributed by atoms with van der Waals surface area (Å²) in [7, 11) is 0. The number of carbonyl (C=O) groups is 2. The van der Waals surface area contributed by atoms with Crippen molar-refractivity contribution in [2.24, 2.45) is 0 Å². The van der Waals surface area contributed by atoms with Gasteiger partial charge in [0.25, 0.3) is 5.91 Å². The summed E-state index contributed by atoms with van der Waals surface area (Å²) in [5.41, 5.74) is 4.02. The number of nitrogens with one attached hydrogen (secondary N) is 1. The third kappa shape index (κ3) is 5.17. The zero-order chi connectivity index (χ0) is 24.5. The molecule has 1 N–H and O–H groups in total. The Balaban J connectivity index is 1.66. The van der Waals surface area contributed by atoms with Gasteiger partial charge in [-0.2, -0.15) is 0 Å². The summed E-state index contributed by atoms with van der Waals surface area (Å²) in [5, 5.41) is 2.48. The standard InChI is InChI=1S/C28H29FN2O2S/c1-18-8-14-23(15-9-18)30-25(32)24-17-34-27(20-6-5-7-22(29)16-20)31(24)26(33)19-10-12-21(13-11-19)28(2,3)4/h5-16,24,27H,17H2,1-4H3,(H,30,32)/t24-,27-/m1/s1. The van der Waals surface area contributed by atoms with E-state index in [0.29, 0.717) is 22.6 Å². The summed E-state index contributed by atoms with van der Waals surface area (Å²) >= 11 is 1.47. The average molecular weight is 477 g/mol. The molecule has 6 heteroatoms. The number of nitrogens with zero attached hydrogens (tertiary/aromatic N) is 1. The number of aryl methyl sites for hydroxylation is 1. The van der Waals surface area contributed by atoms with Crippen LogP contribution in [0.15, 0.2) is 72.8 Å². The summed E-state index contributed by atoms with van der Waals surface area (Å²) in [6.07, 6.45) is 0. The zero-order valence-corrected chi connectivity index (χ0v) is 20.7. The van der Waals surface area contributed by atoms with E-state index >= 15 is 0 Å². The Morgan fingerprint density at radius 3 is 2.29 bits per heavy atom. The second kappa shape index (κ2) is 9.63. The highest BCUT2D eigenvalue weighted by Gasteiger charge is 2.42. The Kier molecular flexibility index (Phi) is 6.80. The molecular weight excluding hydrogens is 447 g/mol. The quantitative estimate of drug-likeness (QED) is 0.479. The topological polar surface area (TPSA) is 49.4 Å². The molecule has 0 saturated carbocycles. The van der Waals surface area contributed by atoms with E-state index in [4.69, 9.17) is 0 Å². The van der Waals surface area contributed by atoms with Gasteiger partial charge in [0.2, 0.25) is 5.91 Å². The first kappa shape index (κ1) is 24.0. The number of rotatable bonds is 4. The molecule has 34 heavy (non-hydrogen) atoms. The van der Waals surface area contributed by atoms with E-state index in [1.54, 1.807) is 17.0 Å². The number of amides is 2. The highest BCUT2D eigenvalue weighted by molar-refractivity contribution is 7.99. The van der Waals surface area contributed by atoms with E-state index in [0.717, 1.165) is 11.1 Å². The van der Waals surface area contributed by atoms with Gasteiger partial charge in [0.05, 0.1) is 0 Å². The van der Waals surface area contributed by atoms with Crippen molar-refractivity contribution in [3.8, 4) is 0 Å². The monoisotopic (exact) mass is 476 g/mol. The second-order valence-electron chi connectivity index (χ2n) is 9.65. The lowest BCUT2D eigenvalue weighted by Gasteiger charge is -2.29. The second-order valence-corrected chi connectivity index (χ2v) is 10.8. The van der Waals surface area contributed by atoms with E-state index in [9.17, 15) is 14.0 Å². The number of anilines is 1. The average Bonchev–Trinajstić information content (AvgIpc) is 3.25. The predicted molar refractivity (Wildman–Crippen MR) is 137 cm³/mol. The zero-order valence-electron chi connectivity index (χ0n) is 19.8. The number of halogens is 1. The Morgan fingerprint density at radius 1 is 1.00 bits per heavy atom. The molecule has 4 nitrogen and oxygen atoms in total. The summed E-state index contributed by atoms with van der Waals surface area (Å²) in [6.45, 7) is 8.33. The van der Waals surface area contributed by atoms with Crippen LogP contribution in [0.2, 0.25) is 0 Å². The highest BCUT2D eigenvalue weighted by Crippen LogP contribution is 2.42. The van der Waals surface area contributed by atoms with Gasteiger partial charge in [0.1, 0.15) is 17.2 Å². The number of benzene rings is 3. The van der Waals surface area contributed by atoms with Gasteiger partial charge in [-0.25, -0.2) is 4.39 Å². The van der Waals surface area contributed by atoms with Crippen LogP contribution < -0.4 is 5.32 Å². The summed E-state index contributed by atoms with van der Waals surface area (Å²) in [6, 6.07) is 20.6. The lowest BCUT2D eigenvalue weighted by Crippen LogP contribution is -2.45. The minimum Gasteiger partial charge on any atom is -0.324 e. The minimum absolute atomic E-state index is 0.0361. The van der Waals surface area contributed by atoms with Crippen LogP contribution in [0.25, 0.3) is 0 Å². The van der Waals surface area contributed by atoms with Gasteiger partial charge in [-0.1, -0.05) is 62.7 Å². The first-order chi connectivity index (χ1) is 16.1. The van der Waals surface area contributed by atoms with E-state index in [2.05, 4.69) is 26.1 Å². The van der Waals surface area contributed by atoms with Crippen LogP contribution in [0.3, 0.4) is 0 Å². The van der Waals surface area contributed by atoms with Crippen LogP contribution >= 0.6 is 11.8 Å². The fourth-order valence-corrected chi connectivity index (χ4v) is 5.42. The van der Waals surface area contributed by atoms with Crippen molar-refractivity contribution in [1.82, 2.24) is 4.90 Å². The van der Waals surface area contributed by atoms with Gasteiger partial charge < -0.3 is 10.2 Å². The maximum absolute atomic E-state index is 14.0. The summed E-state index contributed by atoms with van der Waals surface area (Å²) < 4.78 is 14.0. The van der Waals surface area contributed by atoms with Gasteiger partial charge in [0.15, 0.2) is 0 Å². The van der Waals surface area contributed by atoms with Gasteiger partial charge in [0, 0.05) is 17.0 Å². The SMILES string of the molecule is Cc1ccc(NC(=O)[C@H]2CS[C@H](c3cccc(F)c3)N2C(=O)c2ccc(C(C)(C)C)cc2)cc1. The van der Waals surface area contributed by atoms with Crippen LogP contribution in [0.1, 0.15) is 53.2 Å². The van der Waals surface area contributed by atoms with Crippen molar-refractivity contribution < 1.29 is 14.0 Å². The molecule has 2 amide bonds. The molecule has 0 bridgehead atoms. The Labute approximate surface area is 204 Å². The largest absolute Gasteiger partial charge is 0.324 e. The van der Waals surface area contributed by atoms with Crippen molar-refractivity contribution in [3.63, 3.8) is 0 Å². The molecule has 0 spiro atoms. The molecular formula is C28H29FN2O2S. The van der Waals surface area contributed by atoms with Crippen LogP contribution in [-0.4, -0.2) is 28.5 Å². The molecule has 1 fully saturated rings. The molecule has 0 unspecified atom stereocenters. The Morgan fingerprint density at radius 2 is 1.68 bits per heavy atom. The van der Waals surface area contributed by atoms with E-state index in [-0.39, 0.29) is 23.0 Å². The smallest absolute Gasteiger partial charge is 0.255 e. The maximum atomic E-state index is 14.0. The predicted octanol–water partition coefficient (Wildman–Crippen LogP) is 6.33. The van der Waals surface area contributed by atoms with Crippen LogP contribution in [0, 0.1) is 12.7 Å². The number of carbonyl (C=O) groups excluding carboxylic acids is 2. The van der Waals surface area contributed by atoms with Crippen molar-refractivity contribution in [1.29, 1.82) is 0 Å². The van der Waals surface area contributed by atoms with Crippen molar-refractivity contribution in [3.05, 3.63) is 101 Å². The Bertz CT molecular complexity index is 1190.